The van der Waals surface area contributed by atoms with Crippen LogP contribution in [0.3, 0.4) is 0 Å². The number of benzene rings is 1. The Labute approximate surface area is 105 Å². The number of carbonyl (C=O) groups excluding carboxylic acids is 1. The van der Waals surface area contributed by atoms with Crippen LogP contribution in [0.25, 0.3) is 0 Å². The molecule has 4 nitrogen and oxygen atoms in total. The maximum Gasteiger partial charge on any atom is 0.329 e. The number of rotatable bonds is 3. The largest absolute Gasteiger partial charge is 0.480 e. The van der Waals surface area contributed by atoms with E-state index in [4.69, 9.17) is 0 Å². The second kappa shape index (κ2) is 3.83. The Morgan fingerprint density at radius 2 is 2.00 bits per heavy atom. The molecule has 0 radical (unpaired) electrons. The van der Waals surface area contributed by atoms with E-state index in [0.717, 1.165) is 18.4 Å². The van der Waals surface area contributed by atoms with Gasteiger partial charge in [0, 0.05) is 0 Å². The molecule has 18 heavy (non-hydrogen) atoms. The normalized spacial score (nSPS) is 23.2. The Kier molecular flexibility index (Phi) is 2.40. The smallest absolute Gasteiger partial charge is 0.329 e. The Bertz CT molecular complexity index is 520. The van der Waals surface area contributed by atoms with Crippen molar-refractivity contribution in [3.05, 3.63) is 35.4 Å². The van der Waals surface area contributed by atoms with E-state index >= 15 is 0 Å². The SMILES string of the molecule is O=C(NC1(C(=O)O)CCC1)C1Cc2ccccc21. The van der Waals surface area contributed by atoms with Gasteiger partial charge < -0.3 is 10.4 Å². The molecule has 1 aromatic rings. The summed E-state index contributed by atoms with van der Waals surface area (Å²) in [5, 5.41) is 11.9. The molecule has 0 saturated heterocycles. The van der Waals surface area contributed by atoms with Gasteiger partial charge >= 0.3 is 5.97 Å². The third kappa shape index (κ3) is 1.52. The van der Waals surface area contributed by atoms with E-state index in [1.807, 2.05) is 24.3 Å². The van der Waals surface area contributed by atoms with Gasteiger partial charge in [-0.05, 0) is 36.8 Å². The summed E-state index contributed by atoms with van der Waals surface area (Å²) in [6, 6.07) is 7.82. The van der Waals surface area contributed by atoms with Crippen LogP contribution in [-0.2, 0) is 16.0 Å². The van der Waals surface area contributed by atoms with Crippen LogP contribution in [0.4, 0.5) is 0 Å². The van der Waals surface area contributed by atoms with Crippen molar-refractivity contribution in [3.8, 4) is 0 Å². The molecule has 1 amide bonds. The average molecular weight is 245 g/mol. The summed E-state index contributed by atoms with van der Waals surface area (Å²) in [7, 11) is 0. The first kappa shape index (κ1) is 11.3. The van der Waals surface area contributed by atoms with E-state index in [2.05, 4.69) is 5.32 Å². The van der Waals surface area contributed by atoms with Crippen molar-refractivity contribution in [3.63, 3.8) is 0 Å². The van der Waals surface area contributed by atoms with Gasteiger partial charge in [0.05, 0.1) is 5.92 Å². The fraction of sp³-hybridized carbons (Fsp3) is 0.429. The van der Waals surface area contributed by atoms with Crippen LogP contribution in [0.2, 0.25) is 0 Å². The summed E-state index contributed by atoms with van der Waals surface area (Å²) >= 11 is 0. The summed E-state index contributed by atoms with van der Waals surface area (Å²) in [6.45, 7) is 0. The molecule has 1 unspecified atom stereocenters. The van der Waals surface area contributed by atoms with E-state index < -0.39 is 11.5 Å². The molecular weight excluding hydrogens is 230 g/mol. The lowest BCUT2D eigenvalue weighted by Gasteiger charge is -2.40. The highest BCUT2D eigenvalue weighted by molar-refractivity contribution is 5.92. The second-order valence-corrected chi connectivity index (χ2v) is 5.19. The molecule has 2 aliphatic rings. The minimum absolute atomic E-state index is 0.143. The van der Waals surface area contributed by atoms with Crippen LogP contribution in [0.5, 0.6) is 0 Å². The fourth-order valence-corrected chi connectivity index (χ4v) is 2.74. The molecule has 1 fully saturated rings. The summed E-state index contributed by atoms with van der Waals surface area (Å²) in [4.78, 5) is 23.3. The van der Waals surface area contributed by atoms with Gasteiger partial charge in [-0.25, -0.2) is 4.79 Å². The first-order valence-electron chi connectivity index (χ1n) is 6.26. The van der Waals surface area contributed by atoms with Crippen LogP contribution in [0.1, 0.15) is 36.3 Å². The number of amides is 1. The number of fused-ring (bicyclic) bond motifs is 1. The molecule has 94 valence electrons. The third-order valence-electron chi connectivity index (χ3n) is 4.15. The van der Waals surface area contributed by atoms with Crippen molar-refractivity contribution >= 4 is 11.9 Å². The summed E-state index contributed by atoms with van der Waals surface area (Å²) in [6.07, 6.45) is 2.68. The summed E-state index contributed by atoms with van der Waals surface area (Å²) in [5.41, 5.74) is 1.23. The minimum Gasteiger partial charge on any atom is -0.480 e. The van der Waals surface area contributed by atoms with Gasteiger partial charge in [0.15, 0.2) is 0 Å². The van der Waals surface area contributed by atoms with Gasteiger partial charge in [0.25, 0.3) is 0 Å². The molecule has 0 spiro atoms. The zero-order valence-corrected chi connectivity index (χ0v) is 9.98. The fourth-order valence-electron chi connectivity index (χ4n) is 2.74. The van der Waals surface area contributed by atoms with Gasteiger partial charge in [0.2, 0.25) is 5.91 Å². The lowest BCUT2D eigenvalue weighted by Crippen LogP contribution is -2.60. The number of carboxylic acid groups (broad SMARTS) is 1. The topological polar surface area (TPSA) is 66.4 Å². The van der Waals surface area contributed by atoms with Gasteiger partial charge in [-0.1, -0.05) is 24.3 Å². The zero-order valence-electron chi connectivity index (χ0n) is 9.98. The summed E-state index contributed by atoms with van der Waals surface area (Å²) < 4.78 is 0. The van der Waals surface area contributed by atoms with Crippen LogP contribution >= 0.6 is 0 Å². The van der Waals surface area contributed by atoms with Gasteiger partial charge in [-0.3, -0.25) is 4.79 Å². The average Bonchev–Trinajstić information content (AvgIpc) is 2.24. The molecule has 0 aromatic heterocycles. The molecule has 1 aromatic carbocycles. The standard InChI is InChI=1S/C14H15NO3/c16-12(15-14(13(17)18)6-3-7-14)11-8-9-4-1-2-5-10(9)11/h1-2,4-5,11H,3,6-8H2,(H,15,16)(H,17,18). The quantitative estimate of drug-likeness (QED) is 0.847. The molecule has 0 bridgehead atoms. The van der Waals surface area contributed by atoms with Gasteiger partial charge in [-0.15, -0.1) is 0 Å². The van der Waals surface area contributed by atoms with Crippen molar-refractivity contribution in [2.75, 3.05) is 0 Å². The van der Waals surface area contributed by atoms with Crippen LogP contribution < -0.4 is 5.32 Å². The Morgan fingerprint density at radius 3 is 2.56 bits per heavy atom. The number of hydrogen-bond donors (Lipinski definition) is 2. The lowest BCUT2D eigenvalue weighted by molar-refractivity contribution is -0.152. The molecular formula is C14H15NO3. The second-order valence-electron chi connectivity index (χ2n) is 5.19. The molecule has 3 rings (SSSR count). The maximum absolute atomic E-state index is 12.1. The van der Waals surface area contributed by atoms with Crippen molar-refractivity contribution in [1.29, 1.82) is 0 Å². The van der Waals surface area contributed by atoms with E-state index in [1.54, 1.807) is 0 Å². The first-order valence-corrected chi connectivity index (χ1v) is 6.26. The maximum atomic E-state index is 12.1. The van der Waals surface area contributed by atoms with Crippen LogP contribution in [0, 0.1) is 0 Å². The summed E-state index contributed by atoms with van der Waals surface area (Å²) in [5.74, 6) is -1.22. The van der Waals surface area contributed by atoms with Crippen LogP contribution in [-0.4, -0.2) is 22.5 Å². The Morgan fingerprint density at radius 1 is 1.28 bits per heavy atom. The molecule has 1 atom stereocenters. The molecule has 2 aliphatic carbocycles. The number of carbonyl (C=O) groups is 2. The van der Waals surface area contributed by atoms with Gasteiger partial charge in [-0.2, -0.15) is 0 Å². The lowest BCUT2D eigenvalue weighted by atomic mass is 9.73. The van der Waals surface area contributed by atoms with Crippen molar-refractivity contribution in [1.82, 2.24) is 5.32 Å². The minimum atomic E-state index is -0.998. The van der Waals surface area contributed by atoms with Gasteiger partial charge in [0.1, 0.15) is 5.54 Å². The zero-order chi connectivity index (χ0) is 12.8. The van der Waals surface area contributed by atoms with E-state index in [1.165, 1.54) is 5.56 Å². The number of hydrogen-bond acceptors (Lipinski definition) is 2. The number of nitrogens with one attached hydrogen (secondary N) is 1. The number of carboxylic acids is 1. The van der Waals surface area contributed by atoms with E-state index in [9.17, 15) is 14.7 Å². The monoisotopic (exact) mass is 245 g/mol. The van der Waals surface area contributed by atoms with Crippen molar-refractivity contribution in [2.45, 2.75) is 37.1 Å². The predicted molar refractivity (Wildman–Crippen MR) is 65.2 cm³/mol. The van der Waals surface area contributed by atoms with Crippen molar-refractivity contribution in [2.24, 2.45) is 0 Å². The Balaban J connectivity index is 1.73. The predicted octanol–water partition coefficient (Wildman–Crippen LogP) is 1.45. The molecule has 0 aliphatic heterocycles. The number of aliphatic carboxylic acids is 1. The third-order valence-corrected chi connectivity index (χ3v) is 4.15. The van der Waals surface area contributed by atoms with E-state index in [-0.39, 0.29) is 11.8 Å². The molecule has 0 heterocycles. The first-order chi connectivity index (χ1) is 8.62. The van der Waals surface area contributed by atoms with E-state index in [0.29, 0.717) is 12.8 Å². The molecule has 4 heteroatoms. The highest BCUT2D eigenvalue weighted by Gasteiger charge is 2.47. The van der Waals surface area contributed by atoms with Crippen LogP contribution in [0.15, 0.2) is 24.3 Å². The highest BCUT2D eigenvalue weighted by atomic mass is 16.4. The Hall–Kier alpha value is -1.84. The van der Waals surface area contributed by atoms with Crippen molar-refractivity contribution < 1.29 is 14.7 Å². The molecule has 1 saturated carbocycles. The molecule has 2 N–H and O–H groups in total. The highest BCUT2D eigenvalue weighted by Crippen LogP contribution is 2.37.